The molecule has 56 valence electrons. The normalized spacial score (nSPS) is 45.5. The van der Waals surface area contributed by atoms with Gasteiger partial charge >= 0.3 is 0 Å². The molecule has 0 heterocycles. The summed E-state index contributed by atoms with van der Waals surface area (Å²) < 4.78 is 0. The molecule has 1 unspecified atom stereocenters. The van der Waals surface area contributed by atoms with Gasteiger partial charge in [0.15, 0.2) is 0 Å². The first-order valence-corrected chi connectivity index (χ1v) is 4.62. The molecule has 0 aromatic heterocycles. The smallest absolute Gasteiger partial charge is 0.0544 e. The van der Waals surface area contributed by atoms with Gasteiger partial charge in [-0.25, -0.2) is 0 Å². The summed E-state index contributed by atoms with van der Waals surface area (Å²) in [5.41, 5.74) is 0. The number of allylic oxidation sites excluding steroid dienone is 2. The predicted molar refractivity (Wildman–Crippen MR) is 44.2 cm³/mol. The molecule has 1 atom stereocenters. The van der Waals surface area contributed by atoms with Crippen LogP contribution in [0.2, 0.25) is 0 Å². The highest BCUT2D eigenvalue weighted by molar-refractivity contribution is 6.22. The first kappa shape index (κ1) is 6.72. The highest BCUT2D eigenvalue weighted by Crippen LogP contribution is 2.37. The van der Waals surface area contributed by atoms with Gasteiger partial charge in [-0.15, -0.1) is 11.6 Å². The molecule has 3 rings (SSSR count). The summed E-state index contributed by atoms with van der Waals surface area (Å²) in [6, 6.07) is 0. The summed E-state index contributed by atoms with van der Waals surface area (Å²) in [4.78, 5) is 0. The van der Waals surface area contributed by atoms with Gasteiger partial charge in [0, 0.05) is 0 Å². The van der Waals surface area contributed by atoms with Crippen LogP contribution in [0.5, 0.6) is 0 Å². The molecule has 0 nitrogen and oxygen atoms in total. The Kier molecular flexibility index (Phi) is 1.73. The van der Waals surface area contributed by atoms with Crippen molar-refractivity contribution in [2.45, 2.75) is 31.1 Å². The average Bonchev–Trinajstić information content (AvgIpc) is 2.24. The van der Waals surface area contributed by atoms with Crippen LogP contribution in [0.1, 0.15) is 25.7 Å². The average molecular weight is 157 g/mol. The molecule has 0 spiro atoms. The van der Waals surface area contributed by atoms with E-state index in [4.69, 9.17) is 11.6 Å². The molecule has 2 bridgehead atoms. The molecular weight excluding hydrogens is 144 g/mol. The summed E-state index contributed by atoms with van der Waals surface area (Å²) in [6.45, 7) is 0. The Labute approximate surface area is 67.3 Å². The lowest BCUT2D eigenvalue weighted by molar-refractivity contribution is 0.330. The van der Waals surface area contributed by atoms with Gasteiger partial charge < -0.3 is 0 Å². The Morgan fingerprint density at radius 3 is 2.40 bits per heavy atom. The number of hydrogen-bond acceptors (Lipinski definition) is 0. The SMILES string of the molecule is ClC1C=CC2CCC1CC2. The maximum Gasteiger partial charge on any atom is 0.0544 e. The quantitative estimate of drug-likeness (QED) is 0.374. The van der Waals surface area contributed by atoms with E-state index in [1.54, 1.807) is 0 Å². The van der Waals surface area contributed by atoms with Gasteiger partial charge in [-0.1, -0.05) is 12.2 Å². The number of alkyl halides is 1. The Bertz CT molecular complexity index is 143. The van der Waals surface area contributed by atoms with E-state index in [0.717, 1.165) is 11.8 Å². The van der Waals surface area contributed by atoms with E-state index in [-0.39, 0.29) is 0 Å². The number of rotatable bonds is 0. The first-order valence-electron chi connectivity index (χ1n) is 4.18. The molecule has 1 fully saturated rings. The third-order valence-corrected chi connectivity index (χ3v) is 3.34. The predicted octanol–water partition coefficient (Wildman–Crippen LogP) is 2.97. The van der Waals surface area contributed by atoms with Gasteiger partial charge in [0.1, 0.15) is 0 Å². The standard InChI is InChI=1S/C9H13Cl/c10-9-6-3-7-1-4-8(9)5-2-7/h3,6-9H,1-2,4-5H2. The van der Waals surface area contributed by atoms with E-state index in [1.807, 2.05) is 0 Å². The largest absolute Gasteiger partial charge is 0.118 e. The minimum Gasteiger partial charge on any atom is -0.118 e. The van der Waals surface area contributed by atoms with Gasteiger partial charge in [-0.3, -0.25) is 0 Å². The van der Waals surface area contributed by atoms with E-state index in [2.05, 4.69) is 12.2 Å². The summed E-state index contributed by atoms with van der Waals surface area (Å²) in [6.07, 6.45) is 9.99. The fraction of sp³-hybridized carbons (Fsp3) is 0.778. The number of fused-ring (bicyclic) bond motifs is 3. The van der Waals surface area contributed by atoms with Crippen molar-refractivity contribution in [2.75, 3.05) is 0 Å². The van der Waals surface area contributed by atoms with Gasteiger partial charge in [0.05, 0.1) is 5.38 Å². The molecule has 0 aromatic carbocycles. The van der Waals surface area contributed by atoms with Crippen molar-refractivity contribution in [1.29, 1.82) is 0 Å². The van der Waals surface area contributed by atoms with E-state index < -0.39 is 0 Å². The molecule has 3 aliphatic rings. The monoisotopic (exact) mass is 156 g/mol. The van der Waals surface area contributed by atoms with Crippen LogP contribution >= 0.6 is 11.6 Å². The lowest BCUT2D eigenvalue weighted by Gasteiger charge is -2.24. The minimum absolute atomic E-state index is 0.340. The molecule has 3 aliphatic carbocycles. The van der Waals surface area contributed by atoms with E-state index in [0.29, 0.717) is 5.38 Å². The topological polar surface area (TPSA) is 0 Å². The Balaban J connectivity index is 2.17. The second-order valence-corrected chi connectivity index (χ2v) is 4.01. The van der Waals surface area contributed by atoms with Gasteiger partial charge in [0.2, 0.25) is 0 Å². The highest BCUT2D eigenvalue weighted by Gasteiger charge is 2.26. The number of halogens is 1. The second-order valence-electron chi connectivity index (χ2n) is 3.50. The zero-order valence-corrected chi connectivity index (χ0v) is 6.85. The van der Waals surface area contributed by atoms with Gasteiger partial charge in [0.25, 0.3) is 0 Å². The van der Waals surface area contributed by atoms with Crippen molar-refractivity contribution in [1.82, 2.24) is 0 Å². The third kappa shape index (κ3) is 1.10. The molecule has 0 radical (unpaired) electrons. The van der Waals surface area contributed by atoms with E-state index >= 15 is 0 Å². The first-order chi connectivity index (χ1) is 4.86. The van der Waals surface area contributed by atoms with Crippen LogP contribution in [-0.2, 0) is 0 Å². The van der Waals surface area contributed by atoms with Crippen molar-refractivity contribution < 1.29 is 0 Å². The zero-order valence-electron chi connectivity index (χ0n) is 6.09. The minimum atomic E-state index is 0.340. The van der Waals surface area contributed by atoms with Gasteiger partial charge in [-0.05, 0) is 37.5 Å². The zero-order chi connectivity index (χ0) is 6.97. The van der Waals surface area contributed by atoms with Crippen LogP contribution in [0.3, 0.4) is 0 Å². The molecule has 1 heteroatoms. The van der Waals surface area contributed by atoms with E-state index in [9.17, 15) is 0 Å². The molecule has 0 aromatic rings. The number of hydrogen-bond donors (Lipinski definition) is 0. The lowest BCUT2D eigenvalue weighted by atomic mass is 9.84. The molecule has 0 saturated heterocycles. The Morgan fingerprint density at radius 1 is 1.00 bits per heavy atom. The highest BCUT2D eigenvalue weighted by atomic mass is 35.5. The molecule has 1 saturated carbocycles. The third-order valence-electron chi connectivity index (χ3n) is 2.83. The van der Waals surface area contributed by atoms with Crippen molar-refractivity contribution >= 4 is 11.6 Å². The van der Waals surface area contributed by atoms with Crippen LogP contribution in [0.25, 0.3) is 0 Å². The molecule has 0 amide bonds. The summed E-state index contributed by atoms with van der Waals surface area (Å²) in [5.74, 6) is 1.65. The van der Waals surface area contributed by atoms with Crippen molar-refractivity contribution in [2.24, 2.45) is 11.8 Å². The van der Waals surface area contributed by atoms with Crippen LogP contribution in [0.4, 0.5) is 0 Å². The lowest BCUT2D eigenvalue weighted by Crippen LogP contribution is -2.15. The summed E-state index contributed by atoms with van der Waals surface area (Å²) in [7, 11) is 0. The summed E-state index contributed by atoms with van der Waals surface area (Å²) in [5, 5.41) is 0.340. The summed E-state index contributed by atoms with van der Waals surface area (Å²) >= 11 is 6.13. The molecular formula is C9H13Cl. The molecule has 10 heavy (non-hydrogen) atoms. The van der Waals surface area contributed by atoms with Crippen LogP contribution < -0.4 is 0 Å². The van der Waals surface area contributed by atoms with Crippen molar-refractivity contribution in [3.05, 3.63) is 12.2 Å². The Morgan fingerprint density at radius 2 is 1.70 bits per heavy atom. The van der Waals surface area contributed by atoms with Crippen molar-refractivity contribution in [3.63, 3.8) is 0 Å². The molecule has 0 aliphatic heterocycles. The Hall–Kier alpha value is 0.0300. The maximum atomic E-state index is 6.13. The van der Waals surface area contributed by atoms with E-state index in [1.165, 1.54) is 25.7 Å². The fourth-order valence-electron chi connectivity index (χ4n) is 2.08. The fourth-order valence-corrected chi connectivity index (χ4v) is 2.41. The second kappa shape index (κ2) is 2.58. The van der Waals surface area contributed by atoms with Crippen LogP contribution in [0.15, 0.2) is 12.2 Å². The van der Waals surface area contributed by atoms with Crippen molar-refractivity contribution in [3.8, 4) is 0 Å². The van der Waals surface area contributed by atoms with Gasteiger partial charge in [-0.2, -0.15) is 0 Å². The molecule has 0 N–H and O–H groups in total. The van der Waals surface area contributed by atoms with Crippen LogP contribution in [-0.4, -0.2) is 5.38 Å². The van der Waals surface area contributed by atoms with Crippen LogP contribution in [0, 0.1) is 11.8 Å². The maximum absolute atomic E-state index is 6.13.